The largest absolute Gasteiger partial charge is 0.346 e. The van der Waals surface area contributed by atoms with Crippen molar-refractivity contribution in [2.24, 2.45) is 0 Å². The van der Waals surface area contributed by atoms with E-state index in [9.17, 15) is 0 Å². The number of thiophene rings is 1. The van der Waals surface area contributed by atoms with E-state index in [1.54, 1.807) is 15.9 Å². The van der Waals surface area contributed by atoms with Crippen LogP contribution in [-0.2, 0) is 0 Å². The van der Waals surface area contributed by atoms with Gasteiger partial charge in [-0.15, -0.1) is 16.4 Å². The molecule has 1 atom stereocenters. The molecule has 0 aliphatic rings. The predicted molar refractivity (Wildman–Crippen MR) is 74.4 cm³/mol. The Morgan fingerprint density at radius 1 is 1.33 bits per heavy atom. The van der Waals surface area contributed by atoms with Crippen LogP contribution in [0.15, 0.2) is 36.5 Å². The van der Waals surface area contributed by atoms with Crippen LogP contribution in [0.1, 0.15) is 17.8 Å². The lowest BCUT2D eigenvalue weighted by atomic mass is 10.3. The van der Waals surface area contributed by atoms with Gasteiger partial charge in [-0.25, -0.2) is 4.52 Å². The number of pyridine rings is 1. The maximum Gasteiger partial charge on any atom is 0.243 e. The van der Waals surface area contributed by atoms with E-state index >= 15 is 0 Å². The number of rotatable bonds is 3. The third kappa shape index (κ3) is 2.19. The van der Waals surface area contributed by atoms with E-state index in [2.05, 4.69) is 22.3 Å². The maximum atomic E-state index is 5.93. The molecule has 0 saturated heterocycles. The molecule has 92 valence electrons. The molecule has 0 fully saturated rings. The molecule has 3 aromatic heterocycles. The van der Waals surface area contributed by atoms with Gasteiger partial charge >= 0.3 is 0 Å². The number of halogens is 1. The van der Waals surface area contributed by atoms with Crippen LogP contribution in [0.3, 0.4) is 0 Å². The number of aromatic nitrogens is 3. The fourth-order valence-corrected chi connectivity index (χ4v) is 2.78. The van der Waals surface area contributed by atoms with E-state index in [0.717, 1.165) is 9.98 Å². The van der Waals surface area contributed by atoms with Crippen LogP contribution in [0.4, 0.5) is 5.95 Å². The number of nitrogens with zero attached hydrogens (tertiary/aromatic N) is 3. The van der Waals surface area contributed by atoms with Crippen LogP contribution in [-0.4, -0.2) is 14.6 Å². The molecule has 3 rings (SSSR count). The molecule has 1 unspecified atom stereocenters. The smallest absolute Gasteiger partial charge is 0.243 e. The second-order valence-corrected chi connectivity index (χ2v) is 5.69. The number of nitrogens with one attached hydrogen (secondary N) is 1. The van der Waals surface area contributed by atoms with Crippen molar-refractivity contribution in [3.63, 3.8) is 0 Å². The summed E-state index contributed by atoms with van der Waals surface area (Å²) in [7, 11) is 0. The zero-order valence-electron chi connectivity index (χ0n) is 9.67. The number of hydrogen-bond donors (Lipinski definition) is 1. The van der Waals surface area contributed by atoms with Crippen molar-refractivity contribution in [1.29, 1.82) is 0 Å². The Kier molecular flexibility index (Phi) is 2.93. The van der Waals surface area contributed by atoms with Crippen molar-refractivity contribution in [3.05, 3.63) is 45.7 Å². The summed E-state index contributed by atoms with van der Waals surface area (Å²) in [5, 5.41) is 7.62. The maximum absolute atomic E-state index is 5.93. The third-order valence-electron chi connectivity index (χ3n) is 2.61. The summed E-state index contributed by atoms with van der Waals surface area (Å²) in [5.41, 5.74) is 0.830. The minimum absolute atomic E-state index is 0.139. The molecule has 18 heavy (non-hydrogen) atoms. The molecule has 1 N–H and O–H groups in total. The molecule has 0 radical (unpaired) electrons. The minimum atomic E-state index is 0.139. The van der Waals surface area contributed by atoms with Gasteiger partial charge in [-0.05, 0) is 31.2 Å². The first-order valence-corrected chi connectivity index (χ1v) is 6.75. The quantitative estimate of drug-likeness (QED) is 0.796. The summed E-state index contributed by atoms with van der Waals surface area (Å²) in [4.78, 5) is 5.56. The van der Waals surface area contributed by atoms with Crippen molar-refractivity contribution in [1.82, 2.24) is 14.6 Å². The Hall–Kier alpha value is -1.59. The van der Waals surface area contributed by atoms with E-state index in [1.165, 1.54) is 4.88 Å². The molecule has 0 aromatic carbocycles. The molecule has 4 nitrogen and oxygen atoms in total. The lowest BCUT2D eigenvalue weighted by Crippen LogP contribution is -2.06. The molecule has 6 heteroatoms. The highest BCUT2D eigenvalue weighted by Crippen LogP contribution is 2.28. The number of hydrogen-bond acceptors (Lipinski definition) is 4. The Balaban J connectivity index is 1.83. The van der Waals surface area contributed by atoms with Crippen LogP contribution in [0.5, 0.6) is 0 Å². The Morgan fingerprint density at radius 3 is 2.94 bits per heavy atom. The van der Waals surface area contributed by atoms with Crippen molar-refractivity contribution in [2.45, 2.75) is 13.0 Å². The summed E-state index contributed by atoms with van der Waals surface area (Å²) in [6, 6.07) is 9.84. The second kappa shape index (κ2) is 4.59. The summed E-state index contributed by atoms with van der Waals surface area (Å²) in [6.45, 7) is 2.06. The van der Waals surface area contributed by atoms with Crippen LogP contribution >= 0.6 is 22.9 Å². The molecule has 0 spiro atoms. The van der Waals surface area contributed by atoms with Gasteiger partial charge in [0.25, 0.3) is 0 Å². The zero-order chi connectivity index (χ0) is 12.5. The molecule has 0 saturated carbocycles. The van der Waals surface area contributed by atoms with Gasteiger partial charge in [0.2, 0.25) is 5.95 Å². The van der Waals surface area contributed by atoms with Gasteiger partial charge < -0.3 is 5.32 Å². The Bertz CT molecular complexity index is 642. The highest BCUT2D eigenvalue weighted by molar-refractivity contribution is 7.16. The van der Waals surface area contributed by atoms with E-state index < -0.39 is 0 Å². The molecule has 0 amide bonds. The first-order valence-electron chi connectivity index (χ1n) is 5.55. The molecule has 0 bridgehead atoms. The second-order valence-electron chi connectivity index (χ2n) is 3.95. The van der Waals surface area contributed by atoms with Gasteiger partial charge in [-0.3, -0.25) is 0 Å². The lowest BCUT2D eigenvalue weighted by Gasteiger charge is -2.09. The van der Waals surface area contributed by atoms with Gasteiger partial charge in [0, 0.05) is 11.1 Å². The van der Waals surface area contributed by atoms with E-state index in [-0.39, 0.29) is 6.04 Å². The van der Waals surface area contributed by atoms with Gasteiger partial charge in [-0.2, -0.15) is 4.98 Å². The number of anilines is 1. The summed E-state index contributed by atoms with van der Waals surface area (Å²) >= 11 is 7.49. The van der Waals surface area contributed by atoms with Crippen molar-refractivity contribution in [3.8, 4) is 0 Å². The number of fused-ring (bicyclic) bond motifs is 1. The van der Waals surface area contributed by atoms with Crippen molar-refractivity contribution < 1.29 is 0 Å². The van der Waals surface area contributed by atoms with E-state index in [1.807, 2.05) is 36.5 Å². The van der Waals surface area contributed by atoms with Crippen LogP contribution in [0, 0.1) is 0 Å². The van der Waals surface area contributed by atoms with Crippen LogP contribution in [0.25, 0.3) is 5.65 Å². The first-order chi connectivity index (χ1) is 8.72. The minimum Gasteiger partial charge on any atom is -0.346 e. The molecule has 3 heterocycles. The average molecular weight is 279 g/mol. The van der Waals surface area contributed by atoms with E-state index in [4.69, 9.17) is 11.6 Å². The van der Waals surface area contributed by atoms with Crippen molar-refractivity contribution >= 4 is 34.5 Å². The Morgan fingerprint density at radius 2 is 2.22 bits per heavy atom. The topological polar surface area (TPSA) is 42.2 Å². The third-order valence-corrected chi connectivity index (χ3v) is 4.02. The van der Waals surface area contributed by atoms with Crippen LogP contribution < -0.4 is 5.32 Å². The summed E-state index contributed by atoms with van der Waals surface area (Å²) < 4.78 is 2.54. The highest BCUT2D eigenvalue weighted by atomic mass is 35.5. The SMILES string of the molecule is CC(Nc1nc2ccccn2n1)c1ccc(Cl)s1. The molecule has 3 aromatic rings. The molecule has 0 aliphatic heterocycles. The fourth-order valence-electron chi connectivity index (χ4n) is 1.72. The van der Waals surface area contributed by atoms with Gasteiger partial charge in [-0.1, -0.05) is 17.7 Å². The predicted octanol–water partition coefficient (Wildman–Crippen LogP) is 3.62. The zero-order valence-corrected chi connectivity index (χ0v) is 11.2. The van der Waals surface area contributed by atoms with Gasteiger partial charge in [0.15, 0.2) is 5.65 Å². The standard InChI is InChI=1S/C12H11ClN4S/c1-8(9-5-6-10(13)18-9)14-12-15-11-4-2-3-7-17(11)16-12/h2-8H,1H3,(H,14,16). The Labute approximate surface area is 113 Å². The van der Waals surface area contributed by atoms with E-state index in [0.29, 0.717) is 5.95 Å². The normalized spacial score (nSPS) is 12.8. The monoisotopic (exact) mass is 278 g/mol. The fraction of sp³-hybridized carbons (Fsp3) is 0.167. The summed E-state index contributed by atoms with van der Waals surface area (Å²) in [5.74, 6) is 0.623. The van der Waals surface area contributed by atoms with Crippen molar-refractivity contribution in [2.75, 3.05) is 5.32 Å². The summed E-state index contributed by atoms with van der Waals surface area (Å²) in [6.07, 6.45) is 1.88. The molecular formula is C12H11ClN4S. The lowest BCUT2D eigenvalue weighted by molar-refractivity contribution is 0.869. The highest BCUT2D eigenvalue weighted by Gasteiger charge is 2.10. The van der Waals surface area contributed by atoms with Crippen LogP contribution in [0.2, 0.25) is 4.34 Å². The van der Waals surface area contributed by atoms with Gasteiger partial charge in [0.1, 0.15) is 0 Å². The van der Waals surface area contributed by atoms with Gasteiger partial charge in [0.05, 0.1) is 10.4 Å². The molecular weight excluding hydrogens is 268 g/mol. The average Bonchev–Trinajstić information content (AvgIpc) is 2.94. The first kappa shape index (κ1) is 11.5. The molecule has 0 aliphatic carbocycles.